The molecule has 3 N–H and O–H groups in total. The van der Waals surface area contributed by atoms with Crippen molar-refractivity contribution >= 4 is 46.5 Å². The standard InChI is InChI=1S/C23H20Cl2N6O3/c1-13(32)28-20-12-31-21(29-20)7-6-18(30-31)15-10-17(22(25)27-11-15)23(34)26-9-8-19(33)14-2-4-16(24)5-3-14/h2-7,10-12,19,33H,8-9H2,1H3,(H,26,34)(H,28,32)/t19-/m0/s1. The van der Waals surface area contributed by atoms with E-state index in [-0.39, 0.29) is 23.2 Å². The molecule has 34 heavy (non-hydrogen) atoms. The van der Waals surface area contributed by atoms with E-state index >= 15 is 0 Å². The highest BCUT2D eigenvalue weighted by atomic mass is 35.5. The van der Waals surface area contributed by atoms with E-state index in [1.807, 2.05) is 0 Å². The molecule has 0 fully saturated rings. The van der Waals surface area contributed by atoms with E-state index in [1.54, 1.807) is 48.7 Å². The van der Waals surface area contributed by atoms with Gasteiger partial charge in [0.05, 0.1) is 23.6 Å². The molecule has 4 aromatic rings. The van der Waals surface area contributed by atoms with E-state index < -0.39 is 12.0 Å². The minimum atomic E-state index is -0.744. The Labute approximate surface area is 204 Å². The smallest absolute Gasteiger partial charge is 0.254 e. The summed E-state index contributed by atoms with van der Waals surface area (Å²) in [7, 11) is 0. The van der Waals surface area contributed by atoms with Crippen LogP contribution in [0.5, 0.6) is 0 Å². The molecular weight excluding hydrogens is 479 g/mol. The Bertz CT molecular complexity index is 1360. The van der Waals surface area contributed by atoms with Crippen molar-refractivity contribution in [1.82, 2.24) is 24.9 Å². The van der Waals surface area contributed by atoms with Crippen LogP contribution in [-0.2, 0) is 4.79 Å². The Morgan fingerprint density at radius 1 is 1.15 bits per heavy atom. The summed E-state index contributed by atoms with van der Waals surface area (Å²) in [5, 5.41) is 20.8. The molecule has 3 aromatic heterocycles. The first kappa shape index (κ1) is 23.6. The van der Waals surface area contributed by atoms with Crippen molar-refractivity contribution in [2.24, 2.45) is 0 Å². The molecule has 0 aliphatic rings. The van der Waals surface area contributed by atoms with E-state index in [0.717, 1.165) is 0 Å². The van der Waals surface area contributed by atoms with Gasteiger partial charge in [-0.1, -0.05) is 35.3 Å². The number of carbonyl (C=O) groups is 2. The number of aliphatic hydroxyl groups excluding tert-OH is 1. The lowest BCUT2D eigenvalue weighted by Crippen LogP contribution is -2.26. The lowest BCUT2D eigenvalue weighted by atomic mass is 10.1. The zero-order valence-corrected chi connectivity index (χ0v) is 19.5. The summed E-state index contributed by atoms with van der Waals surface area (Å²) in [6.07, 6.45) is 2.67. The van der Waals surface area contributed by atoms with Crippen molar-refractivity contribution in [3.8, 4) is 11.3 Å². The topological polar surface area (TPSA) is 122 Å². The number of anilines is 1. The van der Waals surface area contributed by atoms with Gasteiger partial charge in [-0.2, -0.15) is 5.10 Å². The highest BCUT2D eigenvalue weighted by molar-refractivity contribution is 6.32. The first-order valence-electron chi connectivity index (χ1n) is 10.3. The number of aromatic nitrogens is 4. The fourth-order valence-corrected chi connectivity index (χ4v) is 3.61. The maximum absolute atomic E-state index is 12.7. The third-order valence-electron chi connectivity index (χ3n) is 4.96. The van der Waals surface area contributed by atoms with Crippen LogP contribution in [0.15, 0.2) is 54.9 Å². The van der Waals surface area contributed by atoms with Crippen LogP contribution < -0.4 is 10.6 Å². The van der Waals surface area contributed by atoms with Crippen LogP contribution in [0.1, 0.15) is 35.4 Å². The molecule has 0 spiro atoms. The maximum atomic E-state index is 12.7. The minimum absolute atomic E-state index is 0.0520. The molecule has 0 aliphatic heterocycles. The summed E-state index contributed by atoms with van der Waals surface area (Å²) >= 11 is 12.0. The Morgan fingerprint density at radius 2 is 1.91 bits per heavy atom. The normalized spacial score (nSPS) is 11.9. The van der Waals surface area contributed by atoms with Crippen molar-refractivity contribution in [1.29, 1.82) is 0 Å². The molecule has 1 atom stereocenters. The zero-order chi connectivity index (χ0) is 24.2. The molecule has 0 saturated carbocycles. The number of benzene rings is 1. The molecule has 4 rings (SSSR count). The molecule has 11 heteroatoms. The van der Waals surface area contributed by atoms with Gasteiger partial charge in [0.1, 0.15) is 5.15 Å². The van der Waals surface area contributed by atoms with Crippen molar-refractivity contribution in [3.63, 3.8) is 0 Å². The lowest BCUT2D eigenvalue weighted by Gasteiger charge is -2.12. The van der Waals surface area contributed by atoms with Crippen LogP contribution in [0.4, 0.5) is 5.82 Å². The van der Waals surface area contributed by atoms with Crippen LogP contribution in [0.3, 0.4) is 0 Å². The fourth-order valence-electron chi connectivity index (χ4n) is 3.29. The number of hydrogen-bond donors (Lipinski definition) is 3. The number of carbonyl (C=O) groups excluding carboxylic acids is 2. The van der Waals surface area contributed by atoms with Gasteiger partial charge < -0.3 is 15.7 Å². The summed E-state index contributed by atoms with van der Waals surface area (Å²) in [4.78, 5) is 32.4. The van der Waals surface area contributed by atoms with Crippen molar-refractivity contribution in [2.45, 2.75) is 19.4 Å². The van der Waals surface area contributed by atoms with E-state index in [9.17, 15) is 14.7 Å². The van der Waals surface area contributed by atoms with E-state index in [2.05, 4.69) is 25.7 Å². The van der Waals surface area contributed by atoms with Crippen LogP contribution >= 0.6 is 23.2 Å². The summed E-state index contributed by atoms with van der Waals surface area (Å²) < 4.78 is 1.52. The Kier molecular flexibility index (Phi) is 7.06. The molecule has 0 saturated heterocycles. The average Bonchev–Trinajstić information content (AvgIpc) is 3.20. The SMILES string of the molecule is CC(=O)Nc1cn2nc(-c3cnc(Cl)c(C(=O)NCC[C@H](O)c4ccc(Cl)cc4)c3)ccc2n1. The number of imidazole rings is 1. The van der Waals surface area contributed by atoms with Crippen LogP contribution in [-0.4, -0.2) is 43.0 Å². The molecule has 9 nitrogen and oxygen atoms in total. The fraction of sp³-hybridized carbons (Fsp3) is 0.174. The number of nitrogens with zero attached hydrogens (tertiary/aromatic N) is 4. The van der Waals surface area contributed by atoms with Gasteiger partial charge in [0.2, 0.25) is 5.91 Å². The zero-order valence-electron chi connectivity index (χ0n) is 18.0. The number of pyridine rings is 1. The van der Waals surface area contributed by atoms with Crippen LogP contribution in [0.25, 0.3) is 16.9 Å². The van der Waals surface area contributed by atoms with Crippen LogP contribution in [0, 0.1) is 0 Å². The number of hydrogen-bond acceptors (Lipinski definition) is 6. The second kappa shape index (κ2) is 10.2. The predicted octanol–water partition coefficient (Wildman–Crippen LogP) is 3.91. The highest BCUT2D eigenvalue weighted by Gasteiger charge is 2.15. The highest BCUT2D eigenvalue weighted by Crippen LogP contribution is 2.23. The predicted molar refractivity (Wildman–Crippen MR) is 129 cm³/mol. The summed E-state index contributed by atoms with van der Waals surface area (Å²) in [6.45, 7) is 1.63. The molecule has 3 heterocycles. The molecule has 0 bridgehead atoms. The number of aliphatic hydroxyl groups is 1. The molecule has 0 radical (unpaired) electrons. The number of rotatable bonds is 7. The lowest BCUT2D eigenvalue weighted by molar-refractivity contribution is -0.114. The van der Waals surface area contributed by atoms with Gasteiger partial charge in [-0.15, -0.1) is 0 Å². The maximum Gasteiger partial charge on any atom is 0.254 e. The van der Waals surface area contributed by atoms with E-state index in [1.165, 1.54) is 17.6 Å². The second-order valence-electron chi connectivity index (χ2n) is 7.50. The summed E-state index contributed by atoms with van der Waals surface area (Å²) in [5.41, 5.74) is 2.56. The summed E-state index contributed by atoms with van der Waals surface area (Å²) in [6, 6.07) is 11.9. The molecular formula is C23H20Cl2N6O3. The first-order valence-corrected chi connectivity index (χ1v) is 11.1. The van der Waals surface area contributed by atoms with E-state index in [0.29, 0.717) is 39.7 Å². The number of fused-ring (bicyclic) bond motifs is 1. The van der Waals surface area contributed by atoms with Gasteiger partial charge in [-0.3, -0.25) is 9.59 Å². The summed E-state index contributed by atoms with van der Waals surface area (Å²) in [5.74, 6) is -0.270. The van der Waals surface area contributed by atoms with E-state index in [4.69, 9.17) is 23.2 Å². The first-order chi connectivity index (χ1) is 16.3. The largest absolute Gasteiger partial charge is 0.388 e. The third-order valence-corrected chi connectivity index (χ3v) is 5.51. The van der Waals surface area contributed by atoms with Crippen molar-refractivity contribution in [2.75, 3.05) is 11.9 Å². The van der Waals surface area contributed by atoms with Crippen molar-refractivity contribution < 1.29 is 14.7 Å². The second-order valence-corrected chi connectivity index (χ2v) is 8.30. The number of amides is 2. The Morgan fingerprint density at radius 3 is 2.65 bits per heavy atom. The number of nitrogens with one attached hydrogen (secondary N) is 2. The minimum Gasteiger partial charge on any atom is -0.388 e. The Hall–Kier alpha value is -3.53. The van der Waals surface area contributed by atoms with Gasteiger partial charge in [-0.05, 0) is 42.3 Å². The molecule has 0 aliphatic carbocycles. The molecule has 174 valence electrons. The molecule has 2 amide bonds. The van der Waals surface area contributed by atoms with Gasteiger partial charge in [0.25, 0.3) is 5.91 Å². The quantitative estimate of drug-likeness (QED) is 0.332. The third kappa shape index (κ3) is 5.51. The van der Waals surface area contributed by atoms with Crippen molar-refractivity contribution in [3.05, 3.63) is 76.2 Å². The average molecular weight is 499 g/mol. The Balaban J connectivity index is 1.46. The molecule has 1 aromatic carbocycles. The van der Waals surface area contributed by atoms with Gasteiger partial charge in [0, 0.05) is 30.3 Å². The monoisotopic (exact) mass is 498 g/mol. The number of halogens is 2. The van der Waals surface area contributed by atoms with Gasteiger partial charge >= 0.3 is 0 Å². The van der Waals surface area contributed by atoms with Crippen LogP contribution in [0.2, 0.25) is 10.2 Å². The van der Waals surface area contributed by atoms with Gasteiger partial charge in [0.15, 0.2) is 11.5 Å². The van der Waals surface area contributed by atoms with Gasteiger partial charge in [-0.25, -0.2) is 14.5 Å². The molecule has 0 unspecified atom stereocenters.